The fourth-order valence-electron chi connectivity index (χ4n) is 1.85. The number of benzene rings is 2. The van der Waals surface area contributed by atoms with Crippen molar-refractivity contribution in [3.8, 4) is 11.5 Å². The lowest BCUT2D eigenvalue weighted by Crippen LogP contribution is -2.39. The molecule has 0 bridgehead atoms. The van der Waals surface area contributed by atoms with Gasteiger partial charge >= 0.3 is 0 Å². The highest BCUT2D eigenvalue weighted by Crippen LogP contribution is 2.20. The number of carbonyl (C=O) groups excluding carboxylic acids is 1. The summed E-state index contributed by atoms with van der Waals surface area (Å²) in [7, 11) is 1.68. The Labute approximate surface area is 155 Å². The summed E-state index contributed by atoms with van der Waals surface area (Å²) < 4.78 is 10.2. The van der Waals surface area contributed by atoms with Crippen molar-refractivity contribution in [1.29, 1.82) is 0 Å². The van der Waals surface area contributed by atoms with Gasteiger partial charge in [-0.3, -0.25) is 10.1 Å². The molecule has 0 saturated carbocycles. The summed E-state index contributed by atoms with van der Waals surface area (Å²) >= 11 is 0. The summed E-state index contributed by atoms with van der Waals surface area (Å²) in [6.45, 7) is 4.88. The molecule has 6 nitrogen and oxygen atoms in total. The van der Waals surface area contributed by atoms with Gasteiger partial charge in [0.05, 0.1) is 6.54 Å². The zero-order valence-corrected chi connectivity index (χ0v) is 15.6. The Hall–Kier alpha value is -2.41. The number of ether oxygens (including phenoxy) is 2. The molecule has 0 aromatic heterocycles. The number of aliphatic hydroxyl groups excluding tert-OH is 1. The molecule has 0 aliphatic rings. The molecule has 1 unspecified atom stereocenters. The first-order chi connectivity index (χ1) is 12.5. The Morgan fingerprint density at radius 2 is 1.65 bits per heavy atom. The standard InChI is InChI=1S/C17H20N2O3.C3H8O/c1-13(20)18-12-17(21)19-11-14-7-9-16(10-8-14)22-15-5-3-2-4-6-15;1-3-4-2/h2-10,17,19,21H,11-12H2,1H3,(H,18,20);3H2,1-2H3. The Kier molecular flexibility index (Phi) is 10.7. The highest BCUT2D eigenvalue weighted by molar-refractivity contribution is 5.72. The zero-order valence-electron chi connectivity index (χ0n) is 15.6. The van der Waals surface area contributed by atoms with Gasteiger partial charge < -0.3 is 19.9 Å². The Balaban J connectivity index is 0.000000765. The van der Waals surface area contributed by atoms with Crippen LogP contribution in [0.4, 0.5) is 0 Å². The van der Waals surface area contributed by atoms with Crippen LogP contribution in [0.2, 0.25) is 0 Å². The minimum absolute atomic E-state index is 0.164. The van der Waals surface area contributed by atoms with Gasteiger partial charge in [0.15, 0.2) is 0 Å². The minimum atomic E-state index is -0.774. The van der Waals surface area contributed by atoms with Crippen molar-refractivity contribution < 1.29 is 19.4 Å². The monoisotopic (exact) mass is 360 g/mol. The second kappa shape index (κ2) is 12.9. The van der Waals surface area contributed by atoms with Crippen LogP contribution in [-0.2, 0) is 16.1 Å². The van der Waals surface area contributed by atoms with Crippen LogP contribution in [0.3, 0.4) is 0 Å². The summed E-state index contributed by atoms with van der Waals surface area (Å²) in [4.78, 5) is 10.7. The van der Waals surface area contributed by atoms with Gasteiger partial charge in [-0.2, -0.15) is 0 Å². The molecule has 1 amide bonds. The van der Waals surface area contributed by atoms with E-state index in [0.29, 0.717) is 6.54 Å². The van der Waals surface area contributed by atoms with Crippen LogP contribution < -0.4 is 15.4 Å². The van der Waals surface area contributed by atoms with Gasteiger partial charge in [0.25, 0.3) is 0 Å². The average molecular weight is 360 g/mol. The number of carbonyl (C=O) groups is 1. The van der Waals surface area contributed by atoms with E-state index in [1.807, 2.05) is 61.5 Å². The fourth-order valence-corrected chi connectivity index (χ4v) is 1.85. The molecule has 142 valence electrons. The number of hydrogen-bond acceptors (Lipinski definition) is 5. The molecule has 2 rings (SSSR count). The first-order valence-corrected chi connectivity index (χ1v) is 8.51. The van der Waals surface area contributed by atoms with E-state index in [-0.39, 0.29) is 12.5 Å². The van der Waals surface area contributed by atoms with Crippen LogP contribution >= 0.6 is 0 Å². The third kappa shape index (κ3) is 9.78. The molecule has 0 heterocycles. The van der Waals surface area contributed by atoms with Crippen LogP contribution in [0.15, 0.2) is 54.6 Å². The summed E-state index contributed by atoms with van der Waals surface area (Å²) in [6, 6.07) is 17.2. The molecule has 2 aromatic carbocycles. The zero-order chi connectivity index (χ0) is 19.2. The number of amides is 1. The van der Waals surface area contributed by atoms with Gasteiger partial charge in [-0.1, -0.05) is 30.3 Å². The molecule has 0 radical (unpaired) electrons. The molecule has 0 aliphatic heterocycles. The quantitative estimate of drug-likeness (QED) is 0.631. The van der Waals surface area contributed by atoms with E-state index in [2.05, 4.69) is 15.4 Å². The molecule has 0 aliphatic carbocycles. The Morgan fingerprint density at radius 1 is 1.08 bits per heavy atom. The number of rotatable bonds is 8. The van der Waals surface area contributed by atoms with E-state index >= 15 is 0 Å². The van der Waals surface area contributed by atoms with Gasteiger partial charge in [0, 0.05) is 27.2 Å². The Bertz CT molecular complexity index is 615. The second-order valence-electron chi connectivity index (χ2n) is 5.47. The number of nitrogens with one attached hydrogen (secondary N) is 2. The normalized spacial score (nSPS) is 11.1. The van der Waals surface area contributed by atoms with E-state index in [0.717, 1.165) is 23.7 Å². The number of aliphatic hydroxyl groups is 1. The predicted molar refractivity (Wildman–Crippen MR) is 102 cm³/mol. The van der Waals surface area contributed by atoms with Crippen LogP contribution in [0.25, 0.3) is 0 Å². The first kappa shape index (κ1) is 21.6. The summed E-state index contributed by atoms with van der Waals surface area (Å²) in [5, 5.41) is 15.1. The molecule has 3 N–H and O–H groups in total. The van der Waals surface area contributed by atoms with Crippen molar-refractivity contribution in [2.45, 2.75) is 26.6 Å². The third-order valence-electron chi connectivity index (χ3n) is 3.28. The highest BCUT2D eigenvalue weighted by atomic mass is 16.5. The number of para-hydroxylation sites is 1. The lowest BCUT2D eigenvalue weighted by Gasteiger charge is -2.13. The maximum atomic E-state index is 10.7. The van der Waals surface area contributed by atoms with E-state index in [1.165, 1.54) is 6.92 Å². The fraction of sp³-hybridized carbons (Fsp3) is 0.350. The smallest absolute Gasteiger partial charge is 0.217 e. The summed E-state index contributed by atoms with van der Waals surface area (Å²) in [6.07, 6.45) is -0.774. The van der Waals surface area contributed by atoms with Crippen LogP contribution in [0.5, 0.6) is 11.5 Å². The summed E-state index contributed by atoms with van der Waals surface area (Å²) in [5.74, 6) is 1.39. The largest absolute Gasteiger partial charge is 0.457 e. The van der Waals surface area contributed by atoms with E-state index in [4.69, 9.17) is 4.74 Å². The van der Waals surface area contributed by atoms with E-state index in [9.17, 15) is 9.90 Å². The van der Waals surface area contributed by atoms with Gasteiger partial charge in [-0.15, -0.1) is 0 Å². The van der Waals surface area contributed by atoms with E-state index < -0.39 is 6.23 Å². The summed E-state index contributed by atoms with van der Waals surface area (Å²) in [5.41, 5.74) is 1.02. The van der Waals surface area contributed by atoms with Crippen molar-refractivity contribution in [3.05, 3.63) is 60.2 Å². The topological polar surface area (TPSA) is 79.8 Å². The van der Waals surface area contributed by atoms with Crippen LogP contribution in [0, 0.1) is 0 Å². The van der Waals surface area contributed by atoms with E-state index in [1.54, 1.807) is 7.11 Å². The van der Waals surface area contributed by atoms with Crippen molar-refractivity contribution in [1.82, 2.24) is 10.6 Å². The maximum Gasteiger partial charge on any atom is 0.217 e. The van der Waals surface area contributed by atoms with Crippen molar-refractivity contribution >= 4 is 5.91 Å². The van der Waals surface area contributed by atoms with Gasteiger partial charge in [0.1, 0.15) is 17.7 Å². The molecule has 6 heteroatoms. The van der Waals surface area contributed by atoms with Gasteiger partial charge in [-0.25, -0.2) is 0 Å². The molecule has 26 heavy (non-hydrogen) atoms. The highest BCUT2D eigenvalue weighted by Gasteiger charge is 2.04. The molecule has 0 fully saturated rings. The molecule has 1 atom stereocenters. The van der Waals surface area contributed by atoms with Gasteiger partial charge in [-0.05, 0) is 36.8 Å². The Morgan fingerprint density at radius 3 is 2.19 bits per heavy atom. The molecule has 0 spiro atoms. The number of methoxy groups -OCH3 is 1. The van der Waals surface area contributed by atoms with Crippen molar-refractivity contribution in [2.75, 3.05) is 20.3 Å². The van der Waals surface area contributed by atoms with Crippen LogP contribution in [0.1, 0.15) is 19.4 Å². The third-order valence-corrected chi connectivity index (χ3v) is 3.28. The van der Waals surface area contributed by atoms with Crippen molar-refractivity contribution in [2.24, 2.45) is 0 Å². The molecular formula is C20H28N2O4. The lowest BCUT2D eigenvalue weighted by molar-refractivity contribution is -0.119. The predicted octanol–water partition coefficient (Wildman–Crippen LogP) is 2.68. The lowest BCUT2D eigenvalue weighted by atomic mass is 10.2. The second-order valence-corrected chi connectivity index (χ2v) is 5.47. The van der Waals surface area contributed by atoms with Crippen molar-refractivity contribution in [3.63, 3.8) is 0 Å². The minimum Gasteiger partial charge on any atom is -0.457 e. The SMILES string of the molecule is CC(=O)NCC(O)NCc1ccc(Oc2ccccc2)cc1.CCOC. The first-order valence-electron chi connectivity index (χ1n) is 8.51. The molecular weight excluding hydrogens is 332 g/mol. The molecule has 2 aromatic rings. The van der Waals surface area contributed by atoms with Crippen LogP contribution in [-0.4, -0.2) is 37.5 Å². The number of hydrogen-bond donors (Lipinski definition) is 3. The maximum absolute atomic E-state index is 10.7. The van der Waals surface area contributed by atoms with Gasteiger partial charge in [0.2, 0.25) is 5.91 Å². The average Bonchev–Trinajstić information content (AvgIpc) is 2.67. The molecule has 0 saturated heterocycles.